The maximum atomic E-state index is 12.4. The van der Waals surface area contributed by atoms with E-state index in [2.05, 4.69) is 15.5 Å². The number of azo groups is 1. The molecule has 1 amide bonds. The lowest BCUT2D eigenvalue weighted by atomic mass is 10.2. The van der Waals surface area contributed by atoms with Crippen molar-refractivity contribution in [1.29, 1.82) is 0 Å². The second-order valence-electron chi connectivity index (χ2n) is 6.54. The maximum Gasteiger partial charge on any atom is 0.262 e. The molecule has 0 heterocycles. The number of para-hydroxylation sites is 2. The lowest BCUT2D eigenvalue weighted by Crippen LogP contribution is -2.20. The normalized spacial score (nSPS) is 10.7. The van der Waals surface area contributed by atoms with Crippen LogP contribution in [0.2, 0.25) is 0 Å². The third-order valence-corrected chi connectivity index (χ3v) is 4.16. The molecule has 1 N–H and O–H groups in total. The van der Waals surface area contributed by atoms with Crippen LogP contribution in [0.15, 0.2) is 77.0 Å². The van der Waals surface area contributed by atoms with Gasteiger partial charge in [-0.25, -0.2) is 0 Å². The molecule has 3 rings (SSSR count). The largest absolute Gasteiger partial charge is 0.493 e. The van der Waals surface area contributed by atoms with Gasteiger partial charge < -0.3 is 14.8 Å². The van der Waals surface area contributed by atoms with Crippen molar-refractivity contribution in [2.24, 2.45) is 10.2 Å². The molecule has 0 atom stereocenters. The molecule has 3 aromatic carbocycles. The molecule has 6 heteroatoms. The first kappa shape index (κ1) is 20.1. The third-order valence-electron chi connectivity index (χ3n) is 4.16. The molecule has 29 heavy (non-hydrogen) atoms. The van der Waals surface area contributed by atoms with Crippen molar-refractivity contribution in [1.82, 2.24) is 0 Å². The number of hydrogen-bond acceptors (Lipinski definition) is 5. The van der Waals surface area contributed by atoms with Gasteiger partial charge in [0, 0.05) is 0 Å². The molecule has 0 aromatic heterocycles. The molecule has 0 aliphatic rings. The number of hydrogen-bond donors (Lipinski definition) is 1. The van der Waals surface area contributed by atoms with Gasteiger partial charge in [0.15, 0.2) is 18.1 Å². The molecule has 148 valence electrons. The Morgan fingerprint density at radius 1 is 0.897 bits per heavy atom. The van der Waals surface area contributed by atoms with Crippen molar-refractivity contribution in [3.63, 3.8) is 0 Å². The van der Waals surface area contributed by atoms with E-state index in [9.17, 15) is 4.79 Å². The lowest BCUT2D eigenvalue weighted by Gasteiger charge is -2.11. The highest BCUT2D eigenvalue weighted by Gasteiger charge is 2.10. The van der Waals surface area contributed by atoms with E-state index in [0.29, 0.717) is 22.9 Å². The minimum absolute atomic E-state index is 0.150. The molecule has 0 unspecified atom stereocenters. The molecule has 0 saturated heterocycles. The van der Waals surface area contributed by atoms with Crippen LogP contribution >= 0.6 is 0 Å². The molecular formula is C23H23N3O3. The van der Waals surface area contributed by atoms with Crippen molar-refractivity contribution >= 4 is 23.0 Å². The van der Waals surface area contributed by atoms with Gasteiger partial charge in [0.2, 0.25) is 0 Å². The smallest absolute Gasteiger partial charge is 0.262 e. The van der Waals surface area contributed by atoms with Crippen molar-refractivity contribution < 1.29 is 14.3 Å². The van der Waals surface area contributed by atoms with Crippen molar-refractivity contribution in [3.05, 3.63) is 77.9 Å². The Morgan fingerprint density at radius 2 is 1.59 bits per heavy atom. The van der Waals surface area contributed by atoms with Gasteiger partial charge >= 0.3 is 0 Å². The first-order chi connectivity index (χ1) is 14.0. The highest BCUT2D eigenvalue weighted by Crippen LogP contribution is 2.29. The van der Waals surface area contributed by atoms with E-state index in [1.54, 1.807) is 25.3 Å². The highest BCUT2D eigenvalue weighted by molar-refractivity contribution is 5.94. The van der Waals surface area contributed by atoms with Gasteiger partial charge in [-0.3, -0.25) is 4.79 Å². The number of rotatable bonds is 7. The summed E-state index contributed by atoms with van der Waals surface area (Å²) in [6.07, 6.45) is 0. The molecule has 0 bridgehead atoms. The predicted octanol–water partition coefficient (Wildman–Crippen LogP) is 5.74. The van der Waals surface area contributed by atoms with Gasteiger partial charge in [-0.05, 0) is 55.8 Å². The van der Waals surface area contributed by atoms with Crippen LogP contribution in [0.1, 0.15) is 11.1 Å². The van der Waals surface area contributed by atoms with E-state index in [1.807, 2.05) is 62.4 Å². The van der Waals surface area contributed by atoms with Gasteiger partial charge in [0.25, 0.3) is 5.91 Å². The average Bonchev–Trinajstić information content (AvgIpc) is 2.73. The van der Waals surface area contributed by atoms with Crippen LogP contribution < -0.4 is 14.8 Å². The average molecular weight is 389 g/mol. The first-order valence-corrected chi connectivity index (χ1v) is 9.20. The lowest BCUT2D eigenvalue weighted by molar-refractivity contribution is -0.118. The fraction of sp³-hybridized carbons (Fsp3) is 0.174. The minimum atomic E-state index is -0.299. The number of nitrogens with zero attached hydrogens (tertiary/aromatic N) is 2. The molecule has 0 aliphatic carbocycles. The summed E-state index contributed by atoms with van der Waals surface area (Å²) < 4.78 is 10.8. The Labute approximate surface area is 170 Å². The number of carbonyl (C=O) groups excluding carboxylic acids is 1. The summed E-state index contributed by atoms with van der Waals surface area (Å²) in [5, 5.41) is 11.4. The summed E-state index contributed by atoms with van der Waals surface area (Å²) in [5.74, 6) is 0.781. The molecule has 0 aliphatic heterocycles. The van der Waals surface area contributed by atoms with Gasteiger partial charge in [-0.15, -0.1) is 5.11 Å². The third kappa shape index (κ3) is 5.65. The summed E-state index contributed by atoms with van der Waals surface area (Å²) >= 11 is 0. The van der Waals surface area contributed by atoms with E-state index >= 15 is 0 Å². The van der Waals surface area contributed by atoms with Crippen molar-refractivity contribution in [3.8, 4) is 11.5 Å². The standard InChI is InChI=1S/C23H23N3O3/c1-16-8-11-18(12-9-16)25-26-20-14-17(2)10-13-19(20)24-23(27)15-29-22-7-5-4-6-21(22)28-3/h4-14H,15H2,1-3H3,(H,24,27). The van der Waals surface area contributed by atoms with E-state index in [1.165, 1.54) is 0 Å². The number of ether oxygens (including phenoxy) is 2. The van der Waals surface area contributed by atoms with Crippen LogP contribution in [0.4, 0.5) is 17.1 Å². The zero-order valence-electron chi connectivity index (χ0n) is 16.7. The number of methoxy groups -OCH3 is 1. The number of aryl methyl sites for hydroxylation is 2. The summed E-state index contributed by atoms with van der Waals surface area (Å²) in [5.41, 5.74) is 4.07. The maximum absolute atomic E-state index is 12.4. The summed E-state index contributed by atoms with van der Waals surface area (Å²) in [6, 6.07) is 20.5. The van der Waals surface area contributed by atoms with E-state index in [-0.39, 0.29) is 12.5 Å². The Morgan fingerprint density at radius 3 is 2.31 bits per heavy atom. The second kappa shape index (κ2) is 9.50. The van der Waals surface area contributed by atoms with E-state index < -0.39 is 0 Å². The monoisotopic (exact) mass is 389 g/mol. The second-order valence-corrected chi connectivity index (χ2v) is 6.54. The zero-order valence-corrected chi connectivity index (χ0v) is 16.7. The topological polar surface area (TPSA) is 72.3 Å². The Bertz CT molecular complexity index is 1010. The SMILES string of the molecule is COc1ccccc1OCC(=O)Nc1ccc(C)cc1N=Nc1ccc(C)cc1. The number of nitrogens with one attached hydrogen (secondary N) is 1. The molecule has 0 spiro atoms. The molecule has 3 aromatic rings. The molecule has 6 nitrogen and oxygen atoms in total. The van der Waals surface area contributed by atoms with Crippen LogP contribution in [-0.2, 0) is 4.79 Å². The summed E-state index contributed by atoms with van der Waals surface area (Å²) in [7, 11) is 1.56. The van der Waals surface area contributed by atoms with E-state index in [0.717, 1.165) is 16.8 Å². The number of amides is 1. The van der Waals surface area contributed by atoms with Crippen LogP contribution in [0.5, 0.6) is 11.5 Å². The Kier molecular flexibility index (Phi) is 6.58. The Balaban J connectivity index is 1.70. The van der Waals surface area contributed by atoms with Gasteiger partial charge in [0.05, 0.1) is 18.5 Å². The van der Waals surface area contributed by atoms with Gasteiger partial charge in [-0.1, -0.05) is 35.9 Å². The molecule has 0 fully saturated rings. The quantitative estimate of drug-likeness (QED) is 0.523. The fourth-order valence-corrected chi connectivity index (χ4v) is 2.62. The summed E-state index contributed by atoms with van der Waals surface area (Å²) in [6.45, 7) is 3.83. The molecule has 0 saturated carbocycles. The number of carbonyl (C=O) groups is 1. The fourth-order valence-electron chi connectivity index (χ4n) is 2.62. The first-order valence-electron chi connectivity index (χ1n) is 9.20. The number of anilines is 1. The van der Waals surface area contributed by atoms with E-state index in [4.69, 9.17) is 9.47 Å². The Hall–Kier alpha value is -3.67. The van der Waals surface area contributed by atoms with Gasteiger partial charge in [-0.2, -0.15) is 5.11 Å². The minimum Gasteiger partial charge on any atom is -0.493 e. The highest BCUT2D eigenvalue weighted by atomic mass is 16.5. The summed E-state index contributed by atoms with van der Waals surface area (Å²) in [4.78, 5) is 12.4. The van der Waals surface area contributed by atoms with Crippen LogP contribution in [0.3, 0.4) is 0 Å². The van der Waals surface area contributed by atoms with Crippen LogP contribution in [0, 0.1) is 13.8 Å². The number of benzene rings is 3. The molecule has 0 radical (unpaired) electrons. The molecular weight excluding hydrogens is 366 g/mol. The van der Waals surface area contributed by atoms with Crippen LogP contribution in [-0.4, -0.2) is 19.6 Å². The predicted molar refractivity (Wildman–Crippen MR) is 114 cm³/mol. The van der Waals surface area contributed by atoms with Gasteiger partial charge in [0.1, 0.15) is 5.69 Å². The van der Waals surface area contributed by atoms with Crippen molar-refractivity contribution in [2.45, 2.75) is 13.8 Å². The zero-order chi connectivity index (χ0) is 20.6. The van der Waals surface area contributed by atoms with Crippen molar-refractivity contribution in [2.75, 3.05) is 19.0 Å². The van der Waals surface area contributed by atoms with Crippen LogP contribution in [0.25, 0.3) is 0 Å².